The van der Waals surface area contributed by atoms with Crippen LogP contribution in [0.15, 0.2) is 29.5 Å². The number of thiazole rings is 1. The van der Waals surface area contributed by atoms with Crippen molar-refractivity contribution in [3.05, 3.63) is 40.0 Å². The average molecular weight is 373 g/mol. The van der Waals surface area contributed by atoms with Crippen molar-refractivity contribution in [3.8, 4) is 0 Å². The summed E-state index contributed by atoms with van der Waals surface area (Å²) in [6.07, 6.45) is 9.08. The van der Waals surface area contributed by atoms with Crippen molar-refractivity contribution >= 4 is 23.1 Å². The van der Waals surface area contributed by atoms with Gasteiger partial charge in [0.25, 0.3) is 0 Å². The number of aromatic nitrogens is 2. The Morgan fingerprint density at radius 2 is 1.85 bits per heavy atom. The fourth-order valence-electron chi connectivity index (χ4n) is 3.06. The highest BCUT2D eigenvalue weighted by Gasteiger charge is 2.10. The molecule has 2 aromatic heterocycles. The predicted molar refractivity (Wildman–Crippen MR) is 109 cm³/mol. The normalized spacial score (nSPS) is 15.6. The van der Waals surface area contributed by atoms with Gasteiger partial charge >= 0.3 is 0 Å². The van der Waals surface area contributed by atoms with E-state index in [0.29, 0.717) is 13.1 Å². The lowest BCUT2D eigenvalue weighted by molar-refractivity contribution is 0.726. The summed E-state index contributed by atoms with van der Waals surface area (Å²) in [4.78, 5) is 16.9. The van der Waals surface area contributed by atoms with Gasteiger partial charge in [-0.25, -0.2) is 9.97 Å². The van der Waals surface area contributed by atoms with Crippen LogP contribution in [0.3, 0.4) is 0 Å². The van der Waals surface area contributed by atoms with Crippen LogP contribution < -0.4 is 15.5 Å². The molecule has 0 saturated carbocycles. The van der Waals surface area contributed by atoms with Crippen LogP contribution in [0.2, 0.25) is 0 Å². The maximum absolute atomic E-state index is 4.66. The van der Waals surface area contributed by atoms with Crippen LogP contribution in [0.4, 0.5) is 5.82 Å². The summed E-state index contributed by atoms with van der Waals surface area (Å²) in [5.74, 6) is 1.87. The molecule has 0 spiro atoms. The van der Waals surface area contributed by atoms with E-state index in [-0.39, 0.29) is 0 Å². The SMILES string of the molecule is CN=C(NCc1ccc(N2CCCCCC2)nc1)NCc1ncc(C)s1. The Bertz CT molecular complexity index is 701. The minimum atomic E-state index is 0.685. The Labute approximate surface area is 159 Å². The van der Waals surface area contributed by atoms with Crippen LogP contribution in [-0.4, -0.2) is 36.1 Å². The molecule has 7 heteroatoms. The molecule has 0 amide bonds. The van der Waals surface area contributed by atoms with E-state index in [1.165, 1.54) is 30.6 Å². The fourth-order valence-corrected chi connectivity index (χ4v) is 3.78. The minimum absolute atomic E-state index is 0.685. The molecular formula is C19H28N6S. The second-order valence-electron chi connectivity index (χ2n) is 6.57. The molecule has 0 atom stereocenters. The summed E-state index contributed by atoms with van der Waals surface area (Å²) in [7, 11) is 1.78. The molecule has 0 unspecified atom stereocenters. The number of aryl methyl sites for hydroxylation is 1. The monoisotopic (exact) mass is 372 g/mol. The van der Waals surface area contributed by atoms with Crippen molar-refractivity contribution in [1.29, 1.82) is 0 Å². The lowest BCUT2D eigenvalue weighted by Crippen LogP contribution is -2.36. The van der Waals surface area contributed by atoms with E-state index in [9.17, 15) is 0 Å². The Kier molecular flexibility index (Phi) is 6.82. The lowest BCUT2D eigenvalue weighted by Gasteiger charge is -2.21. The third-order valence-electron chi connectivity index (χ3n) is 4.50. The summed E-state index contributed by atoms with van der Waals surface area (Å²) >= 11 is 1.70. The molecule has 1 aliphatic heterocycles. The Morgan fingerprint density at radius 3 is 2.46 bits per heavy atom. The van der Waals surface area contributed by atoms with E-state index < -0.39 is 0 Å². The predicted octanol–water partition coefficient (Wildman–Crippen LogP) is 3.09. The standard InChI is InChI=1S/C19H28N6S/c1-15-11-22-18(26-15)14-24-19(20-2)23-13-16-7-8-17(21-12-16)25-9-5-3-4-6-10-25/h7-8,11-12H,3-6,9-10,13-14H2,1-2H3,(H2,20,23,24). The number of pyridine rings is 1. The molecule has 1 saturated heterocycles. The Hall–Kier alpha value is -2.15. The smallest absolute Gasteiger partial charge is 0.191 e. The second-order valence-corrected chi connectivity index (χ2v) is 7.89. The molecule has 2 aromatic rings. The van der Waals surface area contributed by atoms with Gasteiger partial charge in [0.2, 0.25) is 0 Å². The van der Waals surface area contributed by atoms with Gasteiger partial charge in [-0.3, -0.25) is 4.99 Å². The van der Waals surface area contributed by atoms with Crippen molar-refractivity contribution < 1.29 is 0 Å². The summed E-state index contributed by atoms with van der Waals surface area (Å²) in [5, 5.41) is 7.70. The highest BCUT2D eigenvalue weighted by molar-refractivity contribution is 7.11. The number of anilines is 1. The number of hydrogen-bond acceptors (Lipinski definition) is 5. The van der Waals surface area contributed by atoms with E-state index in [1.807, 2.05) is 12.4 Å². The van der Waals surface area contributed by atoms with Gasteiger partial charge in [0.1, 0.15) is 10.8 Å². The quantitative estimate of drug-likeness (QED) is 0.624. The number of guanidine groups is 1. The Balaban J connectivity index is 1.48. The van der Waals surface area contributed by atoms with Crippen molar-refractivity contribution in [2.24, 2.45) is 4.99 Å². The molecule has 0 aliphatic carbocycles. The van der Waals surface area contributed by atoms with Gasteiger partial charge in [-0.05, 0) is 31.4 Å². The van der Waals surface area contributed by atoms with Gasteiger partial charge in [-0.2, -0.15) is 0 Å². The Morgan fingerprint density at radius 1 is 1.08 bits per heavy atom. The zero-order valence-corrected chi connectivity index (χ0v) is 16.5. The van der Waals surface area contributed by atoms with Crippen LogP contribution in [0.1, 0.15) is 41.1 Å². The van der Waals surface area contributed by atoms with E-state index in [1.54, 1.807) is 18.4 Å². The molecule has 0 bridgehead atoms. The summed E-state index contributed by atoms with van der Waals surface area (Å²) in [5.41, 5.74) is 1.15. The first-order valence-corrected chi connectivity index (χ1v) is 10.1. The number of nitrogens with zero attached hydrogens (tertiary/aromatic N) is 4. The molecule has 3 heterocycles. The van der Waals surface area contributed by atoms with Crippen LogP contribution in [0, 0.1) is 6.92 Å². The molecule has 3 rings (SSSR count). The average Bonchev–Trinajstić information content (AvgIpc) is 2.91. The minimum Gasteiger partial charge on any atom is -0.357 e. The van der Waals surface area contributed by atoms with Crippen LogP contribution in [-0.2, 0) is 13.1 Å². The van der Waals surface area contributed by atoms with Crippen molar-refractivity contribution in [2.45, 2.75) is 45.7 Å². The lowest BCUT2D eigenvalue weighted by atomic mass is 10.2. The van der Waals surface area contributed by atoms with Crippen LogP contribution >= 0.6 is 11.3 Å². The van der Waals surface area contributed by atoms with Crippen molar-refractivity contribution in [2.75, 3.05) is 25.0 Å². The van der Waals surface area contributed by atoms with Crippen LogP contribution in [0.5, 0.6) is 0 Å². The number of rotatable bonds is 5. The van der Waals surface area contributed by atoms with E-state index in [2.05, 4.69) is 49.6 Å². The molecule has 26 heavy (non-hydrogen) atoms. The first kappa shape index (κ1) is 18.6. The second kappa shape index (κ2) is 9.52. The molecule has 6 nitrogen and oxygen atoms in total. The highest BCUT2D eigenvalue weighted by Crippen LogP contribution is 2.17. The third kappa shape index (κ3) is 5.42. The molecule has 2 N–H and O–H groups in total. The van der Waals surface area contributed by atoms with Gasteiger partial charge in [0.15, 0.2) is 5.96 Å². The van der Waals surface area contributed by atoms with Gasteiger partial charge < -0.3 is 15.5 Å². The maximum Gasteiger partial charge on any atom is 0.191 e. The first-order valence-electron chi connectivity index (χ1n) is 9.30. The highest BCUT2D eigenvalue weighted by atomic mass is 32.1. The number of nitrogens with one attached hydrogen (secondary N) is 2. The summed E-state index contributed by atoms with van der Waals surface area (Å²) in [6.45, 7) is 5.69. The summed E-state index contributed by atoms with van der Waals surface area (Å²) < 4.78 is 0. The molecule has 0 aromatic carbocycles. The number of hydrogen-bond donors (Lipinski definition) is 2. The van der Waals surface area contributed by atoms with Gasteiger partial charge in [-0.15, -0.1) is 11.3 Å². The largest absolute Gasteiger partial charge is 0.357 e. The van der Waals surface area contributed by atoms with E-state index in [4.69, 9.17) is 0 Å². The molecule has 0 radical (unpaired) electrons. The third-order valence-corrected chi connectivity index (χ3v) is 5.41. The number of aliphatic imine (C=N–C) groups is 1. The van der Waals surface area contributed by atoms with Gasteiger partial charge in [-0.1, -0.05) is 18.9 Å². The van der Waals surface area contributed by atoms with Gasteiger partial charge in [0.05, 0.1) is 6.54 Å². The zero-order valence-electron chi connectivity index (χ0n) is 15.7. The maximum atomic E-state index is 4.66. The molecule has 140 valence electrons. The molecule has 1 aliphatic rings. The van der Waals surface area contributed by atoms with E-state index in [0.717, 1.165) is 35.4 Å². The fraction of sp³-hybridized carbons (Fsp3) is 0.526. The van der Waals surface area contributed by atoms with Crippen LogP contribution in [0.25, 0.3) is 0 Å². The van der Waals surface area contributed by atoms with Crippen molar-refractivity contribution in [3.63, 3.8) is 0 Å². The first-order chi connectivity index (χ1) is 12.7. The van der Waals surface area contributed by atoms with Crippen molar-refractivity contribution in [1.82, 2.24) is 20.6 Å². The zero-order chi connectivity index (χ0) is 18.2. The topological polar surface area (TPSA) is 65.4 Å². The van der Waals surface area contributed by atoms with E-state index >= 15 is 0 Å². The van der Waals surface area contributed by atoms with Gasteiger partial charge in [0, 0.05) is 44.0 Å². The molecular weight excluding hydrogens is 344 g/mol. The summed E-state index contributed by atoms with van der Waals surface area (Å²) in [6, 6.07) is 4.29. The molecule has 1 fully saturated rings.